The molecule has 0 fully saturated rings. The predicted octanol–water partition coefficient (Wildman–Crippen LogP) is 4.38. The van der Waals surface area contributed by atoms with Crippen LogP contribution < -0.4 is 5.32 Å². The molecule has 3 aromatic rings. The molecule has 0 spiro atoms. The van der Waals surface area contributed by atoms with E-state index in [4.69, 9.17) is 16.3 Å². The largest absolute Gasteiger partial charge is 0.452 e. The molecule has 0 aliphatic heterocycles. The molecule has 0 aliphatic carbocycles. The van der Waals surface area contributed by atoms with Crippen molar-refractivity contribution in [1.82, 2.24) is 10.3 Å². The molecule has 27 heavy (non-hydrogen) atoms. The first-order valence-corrected chi connectivity index (χ1v) is 9.46. The molecule has 7 heteroatoms. The van der Waals surface area contributed by atoms with Gasteiger partial charge in [0.1, 0.15) is 5.01 Å². The average Bonchev–Trinajstić information content (AvgIpc) is 3.08. The first-order valence-electron chi connectivity index (χ1n) is 8.26. The SMILES string of the molecule is CC(NC(=O)COC(=O)C=Cc1nc2ccccc2s1)c1ccc(Cl)cc1. The molecular weight excluding hydrogens is 384 g/mol. The summed E-state index contributed by atoms with van der Waals surface area (Å²) in [7, 11) is 0. The van der Waals surface area contributed by atoms with Gasteiger partial charge in [-0.2, -0.15) is 0 Å². The van der Waals surface area contributed by atoms with E-state index in [1.165, 1.54) is 17.4 Å². The van der Waals surface area contributed by atoms with Crippen molar-refractivity contribution < 1.29 is 14.3 Å². The van der Waals surface area contributed by atoms with Gasteiger partial charge < -0.3 is 10.1 Å². The van der Waals surface area contributed by atoms with Gasteiger partial charge in [-0.25, -0.2) is 9.78 Å². The van der Waals surface area contributed by atoms with Crippen LogP contribution in [0.15, 0.2) is 54.6 Å². The van der Waals surface area contributed by atoms with E-state index in [-0.39, 0.29) is 18.6 Å². The standard InChI is InChI=1S/C20H17ClN2O3S/c1-13(14-6-8-15(21)9-7-14)22-18(24)12-26-20(25)11-10-19-23-16-4-2-3-5-17(16)27-19/h2-11,13H,12H2,1H3,(H,22,24). The fraction of sp³-hybridized carbons (Fsp3) is 0.150. The van der Waals surface area contributed by atoms with Crippen molar-refractivity contribution in [3.05, 3.63) is 70.2 Å². The van der Waals surface area contributed by atoms with Crippen molar-refractivity contribution in [2.45, 2.75) is 13.0 Å². The van der Waals surface area contributed by atoms with Gasteiger partial charge in [0.25, 0.3) is 5.91 Å². The summed E-state index contributed by atoms with van der Waals surface area (Å²) in [6.07, 6.45) is 2.86. The van der Waals surface area contributed by atoms with Crippen LogP contribution in [0.1, 0.15) is 23.5 Å². The van der Waals surface area contributed by atoms with E-state index in [1.807, 2.05) is 43.3 Å². The Balaban J connectivity index is 1.48. The number of nitrogens with zero attached hydrogens (tertiary/aromatic N) is 1. The van der Waals surface area contributed by atoms with Crippen LogP contribution in [0.3, 0.4) is 0 Å². The predicted molar refractivity (Wildman–Crippen MR) is 108 cm³/mol. The Bertz CT molecular complexity index is 949. The van der Waals surface area contributed by atoms with Crippen molar-refractivity contribution in [3.63, 3.8) is 0 Å². The lowest BCUT2D eigenvalue weighted by molar-refractivity contribution is -0.144. The quantitative estimate of drug-likeness (QED) is 0.492. The number of amides is 1. The molecule has 0 radical (unpaired) electrons. The molecule has 3 rings (SSSR count). The third-order valence-electron chi connectivity index (χ3n) is 3.77. The topological polar surface area (TPSA) is 68.3 Å². The molecule has 0 bridgehead atoms. The number of hydrogen-bond acceptors (Lipinski definition) is 5. The number of carbonyl (C=O) groups is 2. The van der Waals surface area contributed by atoms with Crippen LogP contribution >= 0.6 is 22.9 Å². The van der Waals surface area contributed by atoms with E-state index in [0.717, 1.165) is 15.8 Å². The molecule has 1 amide bonds. The first-order chi connectivity index (χ1) is 13.0. The molecule has 2 aromatic carbocycles. The molecule has 1 aromatic heterocycles. The van der Waals surface area contributed by atoms with Crippen LogP contribution in [0, 0.1) is 0 Å². The van der Waals surface area contributed by atoms with Crippen LogP contribution in [0.4, 0.5) is 0 Å². The van der Waals surface area contributed by atoms with Gasteiger partial charge in [0.15, 0.2) is 6.61 Å². The van der Waals surface area contributed by atoms with Crippen LogP contribution in [0.5, 0.6) is 0 Å². The minimum Gasteiger partial charge on any atom is -0.452 e. The number of nitrogens with one attached hydrogen (secondary N) is 1. The molecule has 0 saturated heterocycles. The van der Waals surface area contributed by atoms with Crippen molar-refractivity contribution in [2.75, 3.05) is 6.61 Å². The highest BCUT2D eigenvalue weighted by molar-refractivity contribution is 7.19. The second kappa shape index (κ2) is 8.79. The lowest BCUT2D eigenvalue weighted by Gasteiger charge is -2.14. The van der Waals surface area contributed by atoms with Gasteiger partial charge in [-0.15, -0.1) is 11.3 Å². The molecule has 0 aliphatic rings. The molecular formula is C20H17ClN2O3S. The third kappa shape index (κ3) is 5.39. The van der Waals surface area contributed by atoms with Gasteiger partial charge in [-0.3, -0.25) is 4.79 Å². The van der Waals surface area contributed by atoms with Crippen molar-refractivity contribution in [2.24, 2.45) is 0 Å². The highest BCUT2D eigenvalue weighted by atomic mass is 35.5. The maximum atomic E-state index is 11.9. The molecule has 0 saturated carbocycles. The molecule has 1 N–H and O–H groups in total. The summed E-state index contributed by atoms with van der Waals surface area (Å²) in [6.45, 7) is 1.50. The summed E-state index contributed by atoms with van der Waals surface area (Å²) in [5.74, 6) is -0.970. The summed E-state index contributed by atoms with van der Waals surface area (Å²) < 4.78 is 6.02. The molecule has 5 nitrogen and oxygen atoms in total. The van der Waals surface area contributed by atoms with E-state index in [2.05, 4.69) is 10.3 Å². The Morgan fingerprint density at radius 2 is 1.96 bits per heavy atom. The average molecular weight is 401 g/mol. The molecule has 1 atom stereocenters. The van der Waals surface area contributed by atoms with Gasteiger partial charge in [0, 0.05) is 11.1 Å². The number of halogens is 1. The monoisotopic (exact) mass is 400 g/mol. The van der Waals surface area contributed by atoms with Crippen molar-refractivity contribution in [1.29, 1.82) is 0 Å². The zero-order chi connectivity index (χ0) is 19.2. The van der Waals surface area contributed by atoms with Crippen LogP contribution in [-0.2, 0) is 14.3 Å². The fourth-order valence-electron chi connectivity index (χ4n) is 2.40. The normalized spacial score (nSPS) is 12.2. The number of hydrogen-bond donors (Lipinski definition) is 1. The lowest BCUT2D eigenvalue weighted by atomic mass is 10.1. The maximum Gasteiger partial charge on any atom is 0.331 e. The molecule has 1 heterocycles. The first kappa shape index (κ1) is 19.1. The number of benzene rings is 2. The van der Waals surface area contributed by atoms with Gasteiger partial charge in [-0.1, -0.05) is 35.9 Å². The minimum absolute atomic E-state index is 0.216. The summed E-state index contributed by atoms with van der Waals surface area (Å²) in [5, 5.41) is 4.10. The fourth-order valence-corrected chi connectivity index (χ4v) is 3.40. The number of carbonyl (C=O) groups excluding carboxylic acids is 2. The number of esters is 1. The zero-order valence-electron chi connectivity index (χ0n) is 14.5. The molecule has 1 unspecified atom stereocenters. The minimum atomic E-state index is -0.594. The maximum absolute atomic E-state index is 11.9. The Morgan fingerprint density at radius 1 is 1.22 bits per heavy atom. The number of ether oxygens (including phenoxy) is 1. The number of thiazole rings is 1. The van der Waals surface area contributed by atoms with Gasteiger partial charge in [-0.05, 0) is 42.8 Å². The van der Waals surface area contributed by atoms with E-state index < -0.39 is 5.97 Å². The van der Waals surface area contributed by atoms with E-state index in [0.29, 0.717) is 10.0 Å². The molecule has 138 valence electrons. The van der Waals surface area contributed by atoms with Crippen LogP contribution in [0.25, 0.3) is 16.3 Å². The van der Waals surface area contributed by atoms with Gasteiger partial charge in [0.2, 0.25) is 0 Å². The summed E-state index contributed by atoms with van der Waals surface area (Å²) >= 11 is 7.32. The summed E-state index contributed by atoms with van der Waals surface area (Å²) in [5.41, 5.74) is 1.79. The number of aromatic nitrogens is 1. The number of fused-ring (bicyclic) bond motifs is 1. The smallest absolute Gasteiger partial charge is 0.331 e. The van der Waals surface area contributed by atoms with Gasteiger partial charge in [0.05, 0.1) is 16.3 Å². The number of para-hydroxylation sites is 1. The van der Waals surface area contributed by atoms with Crippen LogP contribution in [-0.4, -0.2) is 23.5 Å². The third-order valence-corrected chi connectivity index (χ3v) is 5.02. The second-order valence-corrected chi connectivity index (χ2v) is 7.30. The summed E-state index contributed by atoms with van der Waals surface area (Å²) in [6, 6.07) is 14.7. The highest BCUT2D eigenvalue weighted by Crippen LogP contribution is 2.22. The van der Waals surface area contributed by atoms with Crippen molar-refractivity contribution in [3.8, 4) is 0 Å². The van der Waals surface area contributed by atoms with E-state index in [1.54, 1.807) is 18.2 Å². The Labute approximate surface area is 165 Å². The van der Waals surface area contributed by atoms with Gasteiger partial charge >= 0.3 is 5.97 Å². The number of rotatable bonds is 6. The van der Waals surface area contributed by atoms with Crippen molar-refractivity contribution >= 4 is 51.1 Å². The van der Waals surface area contributed by atoms with Crippen LogP contribution in [0.2, 0.25) is 5.02 Å². The lowest BCUT2D eigenvalue weighted by Crippen LogP contribution is -2.30. The van der Waals surface area contributed by atoms with E-state index in [9.17, 15) is 9.59 Å². The second-order valence-electron chi connectivity index (χ2n) is 5.80. The Kier molecular flexibility index (Phi) is 6.21. The highest BCUT2D eigenvalue weighted by Gasteiger charge is 2.11. The summed E-state index contributed by atoms with van der Waals surface area (Å²) in [4.78, 5) is 28.1. The zero-order valence-corrected chi connectivity index (χ0v) is 16.1. The van der Waals surface area contributed by atoms with E-state index >= 15 is 0 Å². The Morgan fingerprint density at radius 3 is 2.70 bits per heavy atom. The Hall–Kier alpha value is -2.70.